The van der Waals surface area contributed by atoms with Gasteiger partial charge in [0.2, 0.25) is 0 Å². The first-order valence-electron chi connectivity index (χ1n) is 7.03. The lowest BCUT2D eigenvalue weighted by Gasteiger charge is -2.20. The van der Waals surface area contributed by atoms with Crippen molar-refractivity contribution in [3.63, 3.8) is 0 Å². The number of hydrogen-bond donors (Lipinski definition) is 3. The van der Waals surface area contributed by atoms with E-state index in [-0.39, 0.29) is 17.8 Å². The van der Waals surface area contributed by atoms with Crippen molar-refractivity contribution >= 4 is 5.84 Å². The third-order valence-electron chi connectivity index (χ3n) is 3.60. The van der Waals surface area contributed by atoms with Crippen LogP contribution in [0.25, 0.3) is 0 Å². The third-order valence-corrected chi connectivity index (χ3v) is 3.60. The molecule has 2 rings (SSSR count). The first-order chi connectivity index (χ1) is 10.2. The monoisotopic (exact) mass is 283 g/mol. The van der Waals surface area contributed by atoms with Crippen molar-refractivity contribution in [2.45, 2.75) is 18.9 Å². The molecule has 21 heavy (non-hydrogen) atoms. The number of benzene rings is 2. The number of rotatable bonds is 6. The Kier molecular flexibility index (Phi) is 5.35. The maximum absolute atomic E-state index is 8.98. The van der Waals surface area contributed by atoms with E-state index < -0.39 is 0 Å². The number of nitrogens with two attached hydrogens (primary N) is 1. The summed E-state index contributed by atoms with van der Waals surface area (Å²) in [6, 6.07) is 20.2. The second kappa shape index (κ2) is 7.45. The summed E-state index contributed by atoms with van der Waals surface area (Å²) in [6.45, 7) is 2.71. The van der Waals surface area contributed by atoms with E-state index in [2.05, 4.69) is 29.5 Å². The summed E-state index contributed by atoms with van der Waals surface area (Å²) in [5.74, 6) is 0.0660. The average Bonchev–Trinajstić information content (AvgIpc) is 2.56. The molecular weight excluding hydrogens is 262 g/mol. The topological polar surface area (TPSA) is 70.6 Å². The van der Waals surface area contributed by atoms with Crippen LogP contribution in [0.1, 0.15) is 30.0 Å². The van der Waals surface area contributed by atoms with E-state index >= 15 is 0 Å². The summed E-state index contributed by atoms with van der Waals surface area (Å²) in [5.41, 5.74) is 8.07. The largest absolute Gasteiger partial charge is 0.409 e. The van der Waals surface area contributed by atoms with Gasteiger partial charge in [-0.1, -0.05) is 65.8 Å². The van der Waals surface area contributed by atoms with Crippen LogP contribution in [0.4, 0.5) is 0 Å². The quantitative estimate of drug-likeness (QED) is 0.330. The summed E-state index contributed by atoms with van der Waals surface area (Å²) in [7, 11) is 0. The Morgan fingerprint density at radius 1 is 1.05 bits per heavy atom. The molecule has 4 nitrogen and oxygen atoms in total. The highest BCUT2D eigenvalue weighted by Gasteiger charge is 2.17. The molecule has 0 heterocycles. The molecule has 2 aromatic rings. The van der Waals surface area contributed by atoms with Gasteiger partial charge in [-0.15, -0.1) is 0 Å². The van der Waals surface area contributed by atoms with Gasteiger partial charge < -0.3 is 16.3 Å². The molecule has 0 saturated heterocycles. The van der Waals surface area contributed by atoms with Crippen molar-refractivity contribution in [1.82, 2.24) is 5.32 Å². The Morgan fingerprint density at radius 3 is 2.10 bits per heavy atom. The maximum atomic E-state index is 8.98. The smallest absolute Gasteiger partial charge is 0.147 e. The van der Waals surface area contributed by atoms with E-state index in [1.165, 1.54) is 5.56 Å². The molecule has 110 valence electrons. The van der Waals surface area contributed by atoms with Gasteiger partial charge in [-0.3, -0.25) is 0 Å². The van der Waals surface area contributed by atoms with Crippen LogP contribution in [0, 0.1) is 0 Å². The van der Waals surface area contributed by atoms with Gasteiger partial charge >= 0.3 is 0 Å². The van der Waals surface area contributed by atoms with Gasteiger partial charge in [0.15, 0.2) is 0 Å². The minimum atomic E-state index is -0.151. The predicted octanol–water partition coefficient (Wildman–Crippen LogP) is 2.87. The van der Waals surface area contributed by atoms with Gasteiger partial charge in [-0.25, -0.2) is 0 Å². The van der Waals surface area contributed by atoms with Crippen molar-refractivity contribution in [1.29, 1.82) is 0 Å². The molecule has 0 aliphatic carbocycles. The van der Waals surface area contributed by atoms with E-state index in [1.54, 1.807) is 0 Å². The summed E-state index contributed by atoms with van der Waals surface area (Å²) in [4.78, 5) is 0. The average molecular weight is 283 g/mol. The molecule has 2 unspecified atom stereocenters. The minimum absolute atomic E-state index is 0.151. The van der Waals surface area contributed by atoms with E-state index in [9.17, 15) is 0 Å². The van der Waals surface area contributed by atoms with Gasteiger partial charge in [-0.05, 0) is 18.1 Å². The summed E-state index contributed by atoms with van der Waals surface area (Å²) in [6.07, 6.45) is 0. The van der Waals surface area contributed by atoms with E-state index in [0.29, 0.717) is 6.54 Å². The van der Waals surface area contributed by atoms with Crippen LogP contribution in [0.15, 0.2) is 65.8 Å². The second-order valence-electron chi connectivity index (χ2n) is 5.03. The molecule has 0 radical (unpaired) electrons. The molecule has 0 saturated carbocycles. The van der Waals surface area contributed by atoms with Crippen molar-refractivity contribution in [3.8, 4) is 0 Å². The molecule has 0 aliphatic rings. The molecule has 0 aromatic heterocycles. The van der Waals surface area contributed by atoms with Crippen LogP contribution < -0.4 is 11.1 Å². The van der Waals surface area contributed by atoms with Gasteiger partial charge in [-0.2, -0.15) is 0 Å². The minimum Gasteiger partial charge on any atom is -0.409 e. The lowest BCUT2D eigenvalue weighted by Crippen LogP contribution is -2.32. The second-order valence-corrected chi connectivity index (χ2v) is 5.03. The molecule has 4 N–H and O–H groups in total. The molecule has 2 aromatic carbocycles. The fraction of sp³-hybridized carbons (Fsp3) is 0.235. The number of amidine groups is 1. The summed E-state index contributed by atoms with van der Waals surface area (Å²) >= 11 is 0. The summed E-state index contributed by atoms with van der Waals surface area (Å²) < 4.78 is 0. The fourth-order valence-electron chi connectivity index (χ4n) is 2.30. The first-order valence-corrected chi connectivity index (χ1v) is 7.03. The number of nitrogens with one attached hydrogen (secondary N) is 1. The SMILES string of the molecule is CC(NCC(C(N)=NO)c1ccccc1)c1ccccc1. The van der Waals surface area contributed by atoms with Crippen molar-refractivity contribution in [3.05, 3.63) is 71.8 Å². The number of hydrogen-bond acceptors (Lipinski definition) is 3. The zero-order chi connectivity index (χ0) is 15.1. The first kappa shape index (κ1) is 15.1. The maximum Gasteiger partial charge on any atom is 0.147 e. The van der Waals surface area contributed by atoms with Crippen molar-refractivity contribution < 1.29 is 5.21 Å². The van der Waals surface area contributed by atoms with Crippen LogP contribution in [0.3, 0.4) is 0 Å². The van der Waals surface area contributed by atoms with Gasteiger partial charge in [0, 0.05) is 12.6 Å². The molecular formula is C17H21N3O. The molecule has 0 spiro atoms. The molecule has 0 aliphatic heterocycles. The van der Waals surface area contributed by atoms with Crippen LogP contribution >= 0.6 is 0 Å². The Bertz CT molecular complexity index is 569. The Balaban J connectivity index is 2.07. The lowest BCUT2D eigenvalue weighted by molar-refractivity contribution is 0.315. The zero-order valence-electron chi connectivity index (χ0n) is 12.1. The standard InChI is InChI=1S/C17H21N3O/c1-13(14-8-4-2-5-9-14)19-12-16(17(18)20-21)15-10-6-3-7-11-15/h2-11,13,16,19,21H,12H2,1H3,(H2,18,20). The normalized spacial score (nSPS) is 14.6. The van der Waals surface area contributed by atoms with E-state index in [0.717, 1.165) is 5.56 Å². The molecule has 0 bridgehead atoms. The highest BCUT2D eigenvalue weighted by Crippen LogP contribution is 2.17. The highest BCUT2D eigenvalue weighted by atomic mass is 16.4. The Hall–Kier alpha value is -2.33. The summed E-state index contributed by atoms with van der Waals surface area (Å²) in [5, 5.41) is 15.6. The Morgan fingerprint density at radius 2 is 1.57 bits per heavy atom. The van der Waals surface area contributed by atoms with E-state index in [4.69, 9.17) is 10.9 Å². The molecule has 0 amide bonds. The van der Waals surface area contributed by atoms with E-state index in [1.807, 2.05) is 48.5 Å². The van der Waals surface area contributed by atoms with Crippen molar-refractivity contribution in [2.75, 3.05) is 6.54 Å². The van der Waals surface area contributed by atoms with Crippen LogP contribution in [-0.4, -0.2) is 17.6 Å². The third kappa shape index (κ3) is 4.07. The lowest BCUT2D eigenvalue weighted by atomic mass is 9.97. The van der Waals surface area contributed by atoms with Gasteiger partial charge in [0.1, 0.15) is 5.84 Å². The van der Waals surface area contributed by atoms with Crippen molar-refractivity contribution in [2.24, 2.45) is 10.9 Å². The predicted molar refractivity (Wildman–Crippen MR) is 85.5 cm³/mol. The van der Waals surface area contributed by atoms with Crippen LogP contribution in [0.2, 0.25) is 0 Å². The molecule has 4 heteroatoms. The van der Waals surface area contributed by atoms with Crippen LogP contribution in [-0.2, 0) is 0 Å². The zero-order valence-corrected chi connectivity index (χ0v) is 12.1. The van der Waals surface area contributed by atoms with Crippen LogP contribution in [0.5, 0.6) is 0 Å². The number of nitrogens with zero attached hydrogens (tertiary/aromatic N) is 1. The number of oxime groups is 1. The van der Waals surface area contributed by atoms with Gasteiger partial charge in [0.25, 0.3) is 0 Å². The Labute approximate surface area is 125 Å². The fourth-order valence-corrected chi connectivity index (χ4v) is 2.30. The molecule has 2 atom stereocenters. The van der Waals surface area contributed by atoms with Gasteiger partial charge in [0.05, 0.1) is 5.92 Å². The molecule has 0 fully saturated rings. The highest BCUT2D eigenvalue weighted by molar-refractivity contribution is 5.87.